The van der Waals surface area contributed by atoms with Gasteiger partial charge in [-0.2, -0.15) is 4.98 Å². The number of nitrogen functional groups attached to an aromatic ring is 1. The summed E-state index contributed by atoms with van der Waals surface area (Å²) in [5, 5.41) is 9.65. The lowest BCUT2D eigenvalue weighted by molar-refractivity contribution is 0.301. The Bertz CT molecular complexity index is 673. The highest BCUT2D eigenvalue weighted by Gasteiger charge is 2.19. The summed E-state index contributed by atoms with van der Waals surface area (Å²) >= 11 is 0. The highest BCUT2D eigenvalue weighted by molar-refractivity contribution is 5.67. The molecule has 0 amide bonds. The molecule has 0 bridgehead atoms. The molecule has 3 N–H and O–H groups in total. The van der Waals surface area contributed by atoms with Crippen molar-refractivity contribution in [3.05, 3.63) is 24.1 Å². The van der Waals surface area contributed by atoms with E-state index < -0.39 is 12.5 Å². The maximum atomic E-state index is 13.2. The summed E-state index contributed by atoms with van der Waals surface area (Å²) in [6.07, 6.45) is 0.929. The number of benzene rings is 1. The monoisotopic (exact) mass is 324 g/mol. The van der Waals surface area contributed by atoms with E-state index in [9.17, 15) is 9.50 Å². The molecule has 1 heterocycles. The first-order chi connectivity index (χ1) is 11.0. The Hall–Kier alpha value is -2.81. The average Bonchev–Trinajstić information content (AvgIpc) is 2.57. The molecule has 0 aliphatic rings. The quantitative estimate of drug-likeness (QED) is 0.767. The molecule has 1 aromatic heterocycles. The zero-order valence-corrected chi connectivity index (χ0v) is 12.9. The molecular weight excluding hydrogens is 307 g/mol. The molecule has 8 nitrogen and oxygen atoms in total. The first-order valence-corrected chi connectivity index (χ1v) is 6.52. The van der Waals surface area contributed by atoms with E-state index >= 15 is 0 Å². The number of hydrogen-bond donors (Lipinski definition) is 2. The molecule has 124 valence electrons. The van der Waals surface area contributed by atoms with E-state index in [1.165, 1.54) is 26.2 Å². The maximum Gasteiger partial charge on any atom is 0.233 e. The molecule has 0 radical (unpaired) electrons. The number of aliphatic hydroxyl groups is 1. The second-order valence-corrected chi connectivity index (χ2v) is 4.36. The molecular formula is C14H17FN4O4. The Morgan fingerprint density at radius 2 is 1.78 bits per heavy atom. The van der Waals surface area contributed by atoms with Crippen LogP contribution in [0, 0.1) is 5.82 Å². The molecule has 0 unspecified atom stereocenters. The summed E-state index contributed by atoms with van der Waals surface area (Å²) in [4.78, 5) is 8.95. The Labute approximate surface area is 132 Å². The molecule has 2 rings (SSSR count). The van der Waals surface area contributed by atoms with Gasteiger partial charge in [0.25, 0.3) is 0 Å². The number of aliphatic hydroxyl groups excluding tert-OH is 1. The van der Waals surface area contributed by atoms with Gasteiger partial charge in [0.15, 0.2) is 23.1 Å². The molecule has 2 aromatic rings. The van der Waals surface area contributed by atoms with Crippen LogP contribution < -0.4 is 24.8 Å². The van der Waals surface area contributed by atoms with Crippen LogP contribution in [0.1, 0.15) is 0 Å². The van der Waals surface area contributed by atoms with Gasteiger partial charge in [-0.25, -0.2) is 9.37 Å². The van der Waals surface area contributed by atoms with Crippen LogP contribution in [-0.2, 0) is 0 Å². The molecule has 1 aromatic carbocycles. The Morgan fingerprint density at radius 3 is 2.22 bits per heavy atom. The fourth-order valence-electron chi connectivity index (χ4n) is 1.98. The van der Waals surface area contributed by atoms with Gasteiger partial charge in [0.2, 0.25) is 11.7 Å². The highest BCUT2D eigenvalue weighted by atomic mass is 19.1. The molecule has 23 heavy (non-hydrogen) atoms. The minimum Gasteiger partial charge on any atom is -0.493 e. The van der Waals surface area contributed by atoms with Crippen molar-refractivity contribution >= 4 is 17.5 Å². The van der Waals surface area contributed by atoms with Crippen molar-refractivity contribution in [1.82, 2.24) is 9.97 Å². The summed E-state index contributed by atoms with van der Waals surface area (Å²) in [6, 6.07) is 3.20. The molecule has 0 fully saturated rings. The minimum atomic E-state index is -0.739. The number of nitrogens with two attached hydrogens (primary N) is 1. The number of hydrogen-bond acceptors (Lipinski definition) is 8. The Kier molecular flexibility index (Phi) is 5.02. The lowest BCUT2D eigenvalue weighted by Gasteiger charge is -2.22. The molecule has 9 heteroatoms. The van der Waals surface area contributed by atoms with Crippen LogP contribution in [0.2, 0.25) is 0 Å². The van der Waals surface area contributed by atoms with Crippen LogP contribution in [0.15, 0.2) is 18.3 Å². The van der Waals surface area contributed by atoms with Crippen molar-refractivity contribution < 1.29 is 23.7 Å². The fourth-order valence-corrected chi connectivity index (χ4v) is 1.98. The van der Waals surface area contributed by atoms with Crippen molar-refractivity contribution in [2.75, 3.05) is 38.7 Å². The van der Waals surface area contributed by atoms with Gasteiger partial charge in [0, 0.05) is 12.1 Å². The lowest BCUT2D eigenvalue weighted by Crippen LogP contribution is -2.21. The van der Waals surface area contributed by atoms with E-state index in [1.807, 2.05) is 0 Å². The number of nitrogens with zero attached hydrogens (tertiary/aromatic N) is 3. The zero-order valence-electron chi connectivity index (χ0n) is 12.9. The van der Waals surface area contributed by atoms with Gasteiger partial charge >= 0.3 is 0 Å². The van der Waals surface area contributed by atoms with Crippen LogP contribution >= 0.6 is 0 Å². The normalized spacial score (nSPS) is 10.3. The van der Waals surface area contributed by atoms with Crippen LogP contribution in [0.25, 0.3) is 0 Å². The van der Waals surface area contributed by atoms with Gasteiger partial charge in [0.05, 0.1) is 33.2 Å². The first-order valence-electron chi connectivity index (χ1n) is 6.52. The number of methoxy groups -OCH3 is 3. The van der Waals surface area contributed by atoms with Crippen LogP contribution in [0.3, 0.4) is 0 Å². The number of rotatable bonds is 6. The largest absolute Gasteiger partial charge is 0.493 e. The zero-order chi connectivity index (χ0) is 17.0. The van der Waals surface area contributed by atoms with Crippen LogP contribution in [0.5, 0.6) is 17.2 Å². The van der Waals surface area contributed by atoms with Crippen molar-refractivity contribution in [2.24, 2.45) is 0 Å². The average molecular weight is 324 g/mol. The molecule has 0 saturated heterocycles. The minimum absolute atomic E-state index is 0.0284. The Balaban J connectivity index is 2.54. The van der Waals surface area contributed by atoms with Crippen LogP contribution in [-0.4, -0.2) is 43.1 Å². The van der Waals surface area contributed by atoms with E-state index in [2.05, 4.69) is 9.97 Å². The van der Waals surface area contributed by atoms with Gasteiger partial charge in [-0.1, -0.05) is 0 Å². The summed E-state index contributed by atoms with van der Waals surface area (Å²) in [7, 11) is 4.42. The van der Waals surface area contributed by atoms with Crippen molar-refractivity contribution in [3.8, 4) is 17.2 Å². The third kappa shape index (κ3) is 3.19. The number of aromatic nitrogens is 2. The fraction of sp³-hybridized carbons (Fsp3) is 0.286. The van der Waals surface area contributed by atoms with E-state index in [4.69, 9.17) is 19.9 Å². The smallest absolute Gasteiger partial charge is 0.233 e. The highest BCUT2D eigenvalue weighted by Crippen LogP contribution is 2.41. The van der Waals surface area contributed by atoms with Gasteiger partial charge in [-0.05, 0) is 0 Å². The summed E-state index contributed by atoms with van der Waals surface area (Å²) in [5.41, 5.74) is 5.90. The second-order valence-electron chi connectivity index (χ2n) is 4.36. The summed E-state index contributed by atoms with van der Waals surface area (Å²) in [5.74, 6) is 0.139. The van der Waals surface area contributed by atoms with Crippen LogP contribution in [0.4, 0.5) is 21.8 Å². The van der Waals surface area contributed by atoms with Gasteiger partial charge in [0.1, 0.15) is 6.73 Å². The topological polar surface area (TPSA) is 103 Å². The third-order valence-corrected chi connectivity index (χ3v) is 3.10. The van der Waals surface area contributed by atoms with E-state index in [1.54, 1.807) is 12.1 Å². The molecule has 0 aliphatic heterocycles. The molecule has 0 atom stereocenters. The standard InChI is InChI=1S/C14H17FN4O4/c1-21-10-4-8(5-11(22-2)12(10)23-3)19(7-20)14-17-6-9(15)13(16)18-14/h4-6,20H,7H2,1-3H3,(H2,16,17,18). The predicted octanol–water partition coefficient (Wildman–Crippen LogP) is 1.31. The SMILES string of the molecule is COc1cc(N(CO)c2ncc(F)c(N)n2)cc(OC)c1OC. The van der Waals surface area contributed by atoms with E-state index in [0.29, 0.717) is 22.9 Å². The summed E-state index contributed by atoms with van der Waals surface area (Å²) in [6.45, 7) is -0.469. The van der Waals surface area contributed by atoms with Crippen molar-refractivity contribution in [1.29, 1.82) is 0 Å². The van der Waals surface area contributed by atoms with Crippen molar-refractivity contribution in [2.45, 2.75) is 0 Å². The number of anilines is 3. The Morgan fingerprint density at radius 1 is 1.17 bits per heavy atom. The van der Waals surface area contributed by atoms with Gasteiger partial charge in [-0.3, -0.25) is 4.90 Å². The maximum absolute atomic E-state index is 13.2. The molecule has 0 aliphatic carbocycles. The van der Waals surface area contributed by atoms with E-state index in [0.717, 1.165) is 6.20 Å². The number of halogens is 1. The molecule has 0 saturated carbocycles. The number of ether oxygens (including phenoxy) is 3. The predicted molar refractivity (Wildman–Crippen MR) is 81.7 cm³/mol. The molecule has 0 spiro atoms. The lowest BCUT2D eigenvalue weighted by atomic mass is 10.2. The van der Waals surface area contributed by atoms with E-state index in [-0.39, 0.29) is 11.8 Å². The van der Waals surface area contributed by atoms with Gasteiger partial charge in [-0.15, -0.1) is 0 Å². The van der Waals surface area contributed by atoms with Crippen molar-refractivity contribution in [3.63, 3.8) is 0 Å². The first kappa shape index (κ1) is 16.6. The summed E-state index contributed by atoms with van der Waals surface area (Å²) < 4.78 is 29.0. The third-order valence-electron chi connectivity index (χ3n) is 3.10. The second kappa shape index (κ2) is 6.97. The van der Waals surface area contributed by atoms with Gasteiger partial charge < -0.3 is 25.1 Å².